The van der Waals surface area contributed by atoms with Crippen LogP contribution in [-0.4, -0.2) is 51.2 Å². The quantitative estimate of drug-likeness (QED) is 0.736. The van der Waals surface area contributed by atoms with Gasteiger partial charge in [-0.25, -0.2) is 9.18 Å². The second-order valence-electron chi connectivity index (χ2n) is 6.74. The second kappa shape index (κ2) is 9.32. The van der Waals surface area contributed by atoms with E-state index in [1.54, 1.807) is 43.3 Å². The van der Waals surface area contributed by atoms with Gasteiger partial charge in [0.1, 0.15) is 5.82 Å². The number of amides is 1. The minimum atomic E-state index is -0.371. The fourth-order valence-electron chi connectivity index (χ4n) is 3.25. The molecule has 148 valence electrons. The molecule has 1 heterocycles. The highest BCUT2D eigenvalue weighted by Crippen LogP contribution is 2.14. The number of carbonyl (C=O) groups excluding carboxylic acids is 2. The van der Waals surface area contributed by atoms with E-state index in [4.69, 9.17) is 4.74 Å². The van der Waals surface area contributed by atoms with Crippen molar-refractivity contribution in [3.05, 3.63) is 59.9 Å². The summed E-state index contributed by atoms with van der Waals surface area (Å²) in [4.78, 5) is 27.4. The monoisotopic (exact) mass is 386 g/mol. The minimum Gasteiger partial charge on any atom is -0.462 e. The van der Waals surface area contributed by atoms with Crippen molar-refractivity contribution in [2.45, 2.75) is 6.92 Å². The summed E-state index contributed by atoms with van der Waals surface area (Å²) in [6.45, 7) is 5.80. The summed E-state index contributed by atoms with van der Waals surface area (Å²) < 4.78 is 18.0. The average Bonchev–Trinajstić information content (AvgIpc) is 2.70. The number of rotatable bonds is 6. The smallest absolute Gasteiger partial charge is 0.338 e. The number of benzene rings is 2. The Morgan fingerprint density at radius 3 is 2.32 bits per heavy atom. The first-order valence-corrected chi connectivity index (χ1v) is 9.46. The van der Waals surface area contributed by atoms with Crippen LogP contribution in [0.25, 0.3) is 0 Å². The lowest BCUT2D eigenvalue weighted by molar-refractivity contribution is -0.892. The zero-order chi connectivity index (χ0) is 19.9. The molecule has 3 rings (SSSR count). The first kappa shape index (κ1) is 19.8. The summed E-state index contributed by atoms with van der Waals surface area (Å²) in [6, 6.07) is 13.2. The molecule has 1 fully saturated rings. The molecule has 7 heteroatoms. The van der Waals surface area contributed by atoms with Gasteiger partial charge in [0.15, 0.2) is 6.54 Å². The van der Waals surface area contributed by atoms with Crippen LogP contribution < -0.4 is 15.1 Å². The van der Waals surface area contributed by atoms with Gasteiger partial charge in [0, 0.05) is 11.4 Å². The van der Waals surface area contributed by atoms with Crippen LogP contribution in [0, 0.1) is 5.82 Å². The molecule has 0 aromatic heterocycles. The Balaban J connectivity index is 1.45. The Labute approximate surface area is 163 Å². The number of ether oxygens (including phenoxy) is 1. The summed E-state index contributed by atoms with van der Waals surface area (Å²) >= 11 is 0. The van der Waals surface area contributed by atoms with E-state index in [9.17, 15) is 14.0 Å². The number of esters is 1. The standard InChI is InChI=1S/C21H24FN3O3/c1-2-28-21(27)16-3-7-18(8-4-16)23-20(26)15-24-11-13-25(14-12-24)19-9-5-17(22)6-10-19/h3-10H,2,11-15H2,1H3,(H,23,26)/p+1. The molecule has 0 spiro atoms. The Hall–Kier alpha value is -2.93. The Morgan fingerprint density at radius 1 is 1.07 bits per heavy atom. The van der Waals surface area contributed by atoms with Crippen molar-refractivity contribution >= 4 is 23.3 Å². The van der Waals surface area contributed by atoms with Crippen molar-refractivity contribution in [2.24, 2.45) is 0 Å². The van der Waals surface area contributed by atoms with Gasteiger partial charge in [-0.05, 0) is 55.5 Å². The van der Waals surface area contributed by atoms with Gasteiger partial charge in [0.2, 0.25) is 0 Å². The summed E-state index contributed by atoms with van der Waals surface area (Å²) in [7, 11) is 0. The molecular formula is C21H25FN3O3+. The summed E-state index contributed by atoms with van der Waals surface area (Å²) in [5.41, 5.74) is 2.12. The number of hydrogen-bond acceptors (Lipinski definition) is 4. The van der Waals surface area contributed by atoms with E-state index < -0.39 is 0 Å². The fraction of sp³-hybridized carbons (Fsp3) is 0.333. The van der Waals surface area contributed by atoms with Gasteiger partial charge in [0.05, 0.1) is 38.3 Å². The largest absolute Gasteiger partial charge is 0.462 e. The average molecular weight is 386 g/mol. The molecule has 2 aromatic rings. The van der Waals surface area contributed by atoms with Gasteiger partial charge in [-0.2, -0.15) is 0 Å². The number of carbonyl (C=O) groups is 2. The highest BCUT2D eigenvalue weighted by atomic mass is 19.1. The van der Waals surface area contributed by atoms with Crippen LogP contribution in [0.1, 0.15) is 17.3 Å². The summed E-state index contributed by atoms with van der Waals surface area (Å²) in [6.07, 6.45) is 0. The third-order valence-corrected chi connectivity index (χ3v) is 4.75. The highest BCUT2D eigenvalue weighted by Gasteiger charge is 2.22. The molecular weight excluding hydrogens is 361 g/mol. The lowest BCUT2D eigenvalue weighted by Crippen LogP contribution is -3.15. The van der Waals surface area contributed by atoms with Crippen LogP contribution in [0.15, 0.2) is 48.5 Å². The maximum atomic E-state index is 13.0. The maximum absolute atomic E-state index is 13.0. The van der Waals surface area contributed by atoms with Crippen molar-refractivity contribution in [3.63, 3.8) is 0 Å². The molecule has 1 aliphatic rings. The van der Waals surface area contributed by atoms with Crippen LogP contribution >= 0.6 is 0 Å². The van der Waals surface area contributed by atoms with Crippen molar-refractivity contribution < 1.29 is 23.6 Å². The number of quaternary nitrogens is 1. The number of anilines is 2. The molecule has 0 radical (unpaired) electrons. The van der Waals surface area contributed by atoms with Gasteiger partial charge in [-0.3, -0.25) is 4.79 Å². The number of halogens is 1. The van der Waals surface area contributed by atoms with Gasteiger partial charge in [0.25, 0.3) is 5.91 Å². The van der Waals surface area contributed by atoms with Crippen LogP contribution in [0.5, 0.6) is 0 Å². The SMILES string of the molecule is CCOC(=O)c1ccc(NC(=O)C[NH+]2CCN(c3ccc(F)cc3)CC2)cc1. The van der Waals surface area contributed by atoms with Crippen LogP contribution in [0.3, 0.4) is 0 Å². The highest BCUT2D eigenvalue weighted by molar-refractivity contribution is 5.93. The first-order valence-electron chi connectivity index (χ1n) is 9.46. The Morgan fingerprint density at radius 2 is 1.71 bits per heavy atom. The lowest BCUT2D eigenvalue weighted by atomic mass is 10.2. The van der Waals surface area contributed by atoms with Crippen LogP contribution in [0.4, 0.5) is 15.8 Å². The number of nitrogens with zero attached hydrogens (tertiary/aromatic N) is 1. The molecule has 1 aliphatic heterocycles. The van der Waals surface area contributed by atoms with Gasteiger partial charge in [-0.15, -0.1) is 0 Å². The molecule has 2 N–H and O–H groups in total. The Bertz CT molecular complexity index is 801. The van der Waals surface area contributed by atoms with E-state index >= 15 is 0 Å². The lowest BCUT2D eigenvalue weighted by Gasteiger charge is -2.33. The zero-order valence-corrected chi connectivity index (χ0v) is 15.9. The maximum Gasteiger partial charge on any atom is 0.338 e. The van der Waals surface area contributed by atoms with E-state index in [1.807, 2.05) is 0 Å². The Kier molecular flexibility index (Phi) is 6.60. The van der Waals surface area contributed by atoms with Crippen molar-refractivity contribution in [2.75, 3.05) is 49.5 Å². The molecule has 28 heavy (non-hydrogen) atoms. The molecule has 0 atom stereocenters. The molecule has 0 bridgehead atoms. The third-order valence-electron chi connectivity index (χ3n) is 4.75. The third kappa shape index (κ3) is 5.29. The molecule has 2 aromatic carbocycles. The van der Waals surface area contributed by atoms with Crippen molar-refractivity contribution in [1.82, 2.24) is 0 Å². The van der Waals surface area contributed by atoms with E-state index in [0.29, 0.717) is 24.4 Å². The number of hydrogen-bond donors (Lipinski definition) is 2. The van der Waals surface area contributed by atoms with Gasteiger partial charge < -0.3 is 19.9 Å². The minimum absolute atomic E-state index is 0.0610. The van der Waals surface area contributed by atoms with Gasteiger partial charge in [-0.1, -0.05) is 0 Å². The van der Waals surface area contributed by atoms with Crippen LogP contribution in [0.2, 0.25) is 0 Å². The molecule has 0 aliphatic carbocycles. The van der Waals surface area contributed by atoms with E-state index in [1.165, 1.54) is 17.0 Å². The number of piperazine rings is 1. The van der Waals surface area contributed by atoms with Crippen molar-refractivity contribution in [1.29, 1.82) is 0 Å². The van der Waals surface area contributed by atoms with Crippen LogP contribution in [-0.2, 0) is 9.53 Å². The molecule has 1 amide bonds. The van der Waals surface area contributed by atoms with E-state index in [2.05, 4.69) is 10.2 Å². The topological polar surface area (TPSA) is 63.1 Å². The predicted molar refractivity (Wildman–Crippen MR) is 105 cm³/mol. The van der Waals surface area contributed by atoms with E-state index in [-0.39, 0.29) is 17.7 Å². The fourth-order valence-corrected chi connectivity index (χ4v) is 3.25. The first-order chi connectivity index (χ1) is 13.5. The summed E-state index contributed by atoms with van der Waals surface area (Å²) in [5.74, 6) is -0.669. The van der Waals surface area contributed by atoms with E-state index in [0.717, 1.165) is 31.9 Å². The molecule has 0 saturated carbocycles. The zero-order valence-electron chi connectivity index (χ0n) is 15.9. The normalized spacial score (nSPS) is 14.6. The second-order valence-corrected chi connectivity index (χ2v) is 6.74. The molecule has 0 unspecified atom stereocenters. The summed E-state index contributed by atoms with van der Waals surface area (Å²) in [5, 5.41) is 2.87. The molecule has 1 saturated heterocycles. The molecule has 6 nitrogen and oxygen atoms in total. The number of nitrogens with one attached hydrogen (secondary N) is 2. The van der Waals surface area contributed by atoms with Crippen molar-refractivity contribution in [3.8, 4) is 0 Å². The van der Waals surface area contributed by atoms with Gasteiger partial charge >= 0.3 is 5.97 Å². The predicted octanol–water partition coefficient (Wildman–Crippen LogP) is 1.35.